The first-order valence-corrected chi connectivity index (χ1v) is 8.75. The molecule has 1 aromatic carbocycles. The number of nitrogens with one attached hydrogen (secondary N) is 1. The molecule has 2 heterocycles. The van der Waals surface area contributed by atoms with Crippen LogP contribution in [0.15, 0.2) is 35.7 Å². The fourth-order valence-electron chi connectivity index (χ4n) is 3.15. The monoisotopic (exact) mass is 345 g/mol. The van der Waals surface area contributed by atoms with Crippen molar-refractivity contribution in [3.8, 4) is 0 Å². The zero-order chi connectivity index (χ0) is 17.1. The predicted octanol–water partition coefficient (Wildman–Crippen LogP) is 3.74. The molecule has 1 saturated heterocycles. The molecule has 24 heavy (non-hydrogen) atoms. The minimum Gasteiger partial charge on any atom is -0.319 e. The SMILES string of the molecule is Cc1cccc([N+](=O)[O-])c1NC(=O)CN1CCC[C@@H]1c1cccs1. The van der Waals surface area contributed by atoms with Gasteiger partial charge in [0.15, 0.2) is 0 Å². The van der Waals surface area contributed by atoms with Crippen LogP contribution in [-0.4, -0.2) is 28.8 Å². The number of hydrogen-bond donors (Lipinski definition) is 1. The van der Waals surface area contributed by atoms with Gasteiger partial charge in [0, 0.05) is 17.0 Å². The van der Waals surface area contributed by atoms with Gasteiger partial charge in [-0.3, -0.25) is 19.8 Å². The third kappa shape index (κ3) is 3.47. The Balaban J connectivity index is 1.71. The van der Waals surface area contributed by atoms with Crippen molar-refractivity contribution in [2.24, 2.45) is 0 Å². The first-order chi connectivity index (χ1) is 11.6. The number of likely N-dealkylation sites (tertiary alicyclic amines) is 1. The topological polar surface area (TPSA) is 75.5 Å². The summed E-state index contributed by atoms with van der Waals surface area (Å²) in [6.45, 7) is 2.87. The standard InChI is InChI=1S/C17H19N3O3S/c1-12-5-2-6-14(20(22)23)17(12)18-16(21)11-19-9-3-7-13(19)15-8-4-10-24-15/h2,4-6,8,10,13H,3,7,9,11H2,1H3,(H,18,21)/t13-/m1/s1. The van der Waals surface area contributed by atoms with E-state index >= 15 is 0 Å². The number of nitro groups is 1. The Morgan fingerprint density at radius 3 is 2.96 bits per heavy atom. The summed E-state index contributed by atoms with van der Waals surface area (Å²) in [5.74, 6) is -0.212. The molecule has 1 aliphatic rings. The molecular formula is C17H19N3O3S. The van der Waals surface area contributed by atoms with Gasteiger partial charge in [-0.1, -0.05) is 18.2 Å². The van der Waals surface area contributed by atoms with Crippen molar-refractivity contribution >= 4 is 28.6 Å². The summed E-state index contributed by atoms with van der Waals surface area (Å²) in [5.41, 5.74) is 0.910. The van der Waals surface area contributed by atoms with Crippen LogP contribution in [0.4, 0.5) is 11.4 Å². The molecule has 3 rings (SSSR count). The number of carbonyl (C=O) groups is 1. The molecule has 1 N–H and O–H groups in total. The molecule has 126 valence electrons. The summed E-state index contributed by atoms with van der Waals surface area (Å²) in [6, 6.07) is 9.17. The number of carbonyl (C=O) groups excluding carboxylic acids is 1. The maximum atomic E-state index is 12.4. The second kappa shape index (κ2) is 7.11. The summed E-state index contributed by atoms with van der Waals surface area (Å²) in [5, 5.41) is 15.9. The molecule has 0 unspecified atom stereocenters. The van der Waals surface area contributed by atoms with E-state index in [0.29, 0.717) is 11.3 Å². The van der Waals surface area contributed by atoms with Crippen molar-refractivity contribution < 1.29 is 9.72 Å². The third-order valence-corrected chi connectivity index (χ3v) is 5.27. The van der Waals surface area contributed by atoms with E-state index in [9.17, 15) is 14.9 Å². The van der Waals surface area contributed by atoms with Crippen molar-refractivity contribution in [2.75, 3.05) is 18.4 Å². The molecule has 1 fully saturated rings. The Labute approximate surface area is 144 Å². The fraction of sp³-hybridized carbons (Fsp3) is 0.353. The number of hydrogen-bond acceptors (Lipinski definition) is 5. The van der Waals surface area contributed by atoms with Gasteiger partial charge < -0.3 is 5.32 Å². The van der Waals surface area contributed by atoms with E-state index in [1.54, 1.807) is 30.4 Å². The molecule has 1 atom stereocenters. The number of nitro benzene ring substituents is 1. The molecule has 1 aliphatic heterocycles. The molecule has 6 nitrogen and oxygen atoms in total. The van der Waals surface area contributed by atoms with Crippen LogP contribution in [0.1, 0.15) is 29.3 Å². The van der Waals surface area contributed by atoms with E-state index in [2.05, 4.69) is 16.3 Å². The number of aryl methyl sites for hydroxylation is 1. The van der Waals surface area contributed by atoms with Crippen LogP contribution < -0.4 is 5.32 Å². The number of anilines is 1. The lowest BCUT2D eigenvalue weighted by Gasteiger charge is -2.23. The van der Waals surface area contributed by atoms with Crippen LogP contribution in [0.5, 0.6) is 0 Å². The number of benzene rings is 1. The highest BCUT2D eigenvalue weighted by Crippen LogP contribution is 2.34. The summed E-state index contributed by atoms with van der Waals surface area (Å²) in [7, 11) is 0. The minimum atomic E-state index is -0.465. The highest BCUT2D eigenvalue weighted by molar-refractivity contribution is 7.10. The predicted molar refractivity (Wildman–Crippen MR) is 94.3 cm³/mol. The first-order valence-electron chi connectivity index (χ1n) is 7.87. The molecule has 7 heteroatoms. The molecular weight excluding hydrogens is 326 g/mol. The molecule has 1 aromatic heterocycles. The van der Waals surface area contributed by atoms with E-state index in [0.717, 1.165) is 19.4 Å². The quantitative estimate of drug-likeness (QED) is 0.661. The number of rotatable bonds is 5. The van der Waals surface area contributed by atoms with Gasteiger partial charge >= 0.3 is 0 Å². The fourth-order valence-corrected chi connectivity index (χ4v) is 4.04. The largest absolute Gasteiger partial charge is 0.319 e. The minimum absolute atomic E-state index is 0.0698. The second-order valence-corrected chi connectivity index (χ2v) is 6.90. The summed E-state index contributed by atoms with van der Waals surface area (Å²) >= 11 is 1.70. The van der Waals surface area contributed by atoms with E-state index in [1.165, 1.54) is 10.9 Å². The first kappa shape index (κ1) is 16.6. The Morgan fingerprint density at radius 2 is 2.25 bits per heavy atom. The van der Waals surface area contributed by atoms with Crippen LogP contribution in [-0.2, 0) is 4.79 Å². The normalized spacial score (nSPS) is 17.8. The summed E-state index contributed by atoms with van der Waals surface area (Å²) < 4.78 is 0. The van der Waals surface area contributed by atoms with Crippen LogP contribution >= 0.6 is 11.3 Å². The number of thiophene rings is 1. The van der Waals surface area contributed by atoms with E-state index in [4.69, 9.17) is 0 Å². The molecule has 0 radical (unpaired) electrons. The van der Waals surface area contributed by atoms with E-state index < -0.39 is 4.92 Å². The van der Waals surface area contributed by atoms with E-state index in [1.807, 2.05) is 11.4 Å². The van der Waals surface area contributed by atoms with Crippen molar-refractivity contribution in [2.45, 2.75) is 25.8 Å². The number of para-hydroxylation sites is 1. The molecule has 0 aliphatic carbocycles. The molecule has 0 bridgehead atoms. The average molecular weight is 345 g/mol. The van der Waals surface area contributed by atoms with Gasteiger partial charge in [-0.25, -0.2) is 0 Å². The Hall–Kier alpha value is -2.25. The second-order valence-electron chi connectivity index (χ2n) is 5.92. The molecule has 1 amide bonds. The van der Waals surface area contributed by atoms with Crippen molar-refractivity contribution in [3.05, 3.63) is 56.3 Å². The van der Waals surface area contributed by atoms with Gasteiger partial charge in [0.2, 0.25) is 5.91 Å². The van der Waals surface area contributed by atoms with Crippen LogP contribution in [0, 0.1) is 17.0 Å². The van der Waals surface area contributed by atoms with Gasteiger partial charge in [-0.2, -0.15) is 0 Å². The Bertz CT molecular complexity index is 746. The summed E-state index contributed by atoms with van der Waals surface area (Å²) in [6.07, 6.45) is 2.10. The highest BCUT2D eigenvalue weighted by atomic mass is 32.1. The van der Waals surface area contributed by atoms with Crippen molar-refractivity contribution in [1.82, 2.24) is 4.90 Å². The van der Waals surface area contributed by atoms with Crippen molar-refractivity contribution in [1.29, 1.82) is 0 Å². The zero-order valence-corrected chi connectivity index (χ0v) is 14.2. The Kier molecular flexibility index (Phi) is 4.92. The van der Waals surface area contributed by atoms with Gasteiger partial charge in [0.25, 0.3) is 5.69 Å². The number of amides is 1. The maximum Gasteiger partial charge on any atom is 0.293 e. The maximum absolute atomic E-state index is 12.4. The van der Waals surface area contributed by atoms with Gasteiger partial charge in [-0.15, -0.1) is 11.3 Å². The van der Waals surface area contributed by atoms with Crippen molar-refractivity contribution in [3.63, 3.8) is 0 Å². The van der Waals surface area contributed by atoms with Crippen LogP contribution in [0.3, 0.4) is 0 Å². The molecule has 0 spiro atoms. The number of nitrogens with zero attached hydrogens (tertiary/aromatic N) is 2. The van der Waals surface area contributed by atoms with E-state index in [-0.39, 0.29) is 24.2 Å². The lowest BCUT2D eigenvalue weighted by Crippen LogP contribution is -2.33. The third-order valence-electron chi connectivity index (χ3n) is 4.29. The van der Waals surface area contributed by atoms with Gasteiger partial charge in [-0.05, 0) is 43.3 Å². The average Bonchev–Trinajstić information content (AvgIpc) is 3.19. The lowest BCUT2D eigenvalue weighted by atomic mass is 10.1. The van der Waals surface area contributed by atoms with Crippen LogP contribution in [0.2, 0.25) is 0 Å². The summed E-state index contributed by atoms with van der Waals surface area (Å²) in [4.78, 5) is 26.5. The lowest BCUT2D eigenvalue weighted by molar-refractivity contribution is -0.384. The van der Waals surface area contributed by atoms with Crippen LogP contribution in [0.25, 0.3) is 0 Å². The van der Waals surface area contributed by atoms with Gasteiger partial charge in [0.05, 0.1) is 11.5 Å². The zero-order valence-electron chi connectivity index (χ0n) is 13.4. The molecule has 0 saturated carbocycles. The Morgan fingerprint density at radius 1 is 1.42 bits per heavy atom. The molecule has 2 aromatic rings. The highest BCUT2D eigenvalue weighted by Gasteiger charge is 2.29. The van der Waals surface area contributed by atoms with Gasteiger partial charge in [0.1, 0.15) is 5.69 Å². The smallest absolute Gasteiger partial charge is 0.293 e.